The molecule has 0 aliphatic rings. The van der Waals surface area contributed by atoms with Crippen LogP contribution < -0.4 is 5.32 Å². The molecule has 1 N–H and O–H groups in total. The second kappa shape index (κ2) is 7.93. The van der Waals surface area contributed by atoms with Gasteiger partial charge in [-0.2, -0.15) is 0 Å². The highest BCUT2D eigenvalue weighted by atomic mass is 127. The van der Waals surface area contributed by atoms with E-state index >= 15 is 0 Å². The molecule has 0 unspecified atom stereocenters. The van der Waals surface area contributed by atoms with Crippen LogP contribution in [0.15, 0.2) is 0 Å². The number of nitrogens with one attached hydrogen (secondary N) is 1. The number of alkyl halides is 1. The molecule has 0 rings (SSSR count). The highest BCUT2D eigenvalue weighted by Crippen LogP contribution is 2.25. The molecule has 0 saturated heterocycles. The van der Waals surface area contributed by atoms with Crippen molar-refractivity contribution >= 4 is 28.4 Å². The molecule has 3 nitrogen and oxygen atoms in total. The van der Waals surface area contributed by atoms with Crippen molar-refractivity contribution in [2.45, 2.75) is 96.3 Å². The first-order valence-electron chi connectivity index (χ1n) is 8.20. The molecule has 4 heteroatoms. The Bertz CT molecular complexity index is 362. The van der Waals surface area contributed by atoms with Gasteiger partial charge in [-0.15, -0.1) is 0 Å². The van der Waals surface area contributed by atoms with Crippen LogP contribution in [0.4, 0.5) is 0 Å². The Labute approximate surface area is 151 Å². The molecule has 0 saturated carbocycles. The van der Waals surface area contributed by atoms with Gasteiger partial charge in [0.2, 0.25) is 0 Å². The number of ether oxygens (including phenoxy) is 1. The third-order valence-electron chi connectivity index (χ3n) is 3.65. The zero-order valence-electron chi connectivity index (χ0n) is 16.0. The molecule has 0 radical (unpaired) electrons. The summed E-state index contributed by atoms with van der Waals surface area (Å²) in [7, 11) is 0. The normalized spacial score (nSPS) is 14.3. The van der Waals surface area contributed by atoms with Crippen molar-refractivity contribution in [3.05, 3.63) is 0 Å². The molecular weight excluding hydrogens is 389 g/mol. The average molecular weight is 425 g/mol. The lowest BCUT2D eigenvalue weighted by atomic mass is 9.86. The van der Waals surface area contributed by atoms with E-state index in [1.807, 2.05) is 20.8 Å². The van der Waals surface area contributed by atoms with Crippen molar-refractivity contribution in [3.8, 4) is 0 Å². The Hall–Kier alpha value is 0.320. The van der Waals surface area contributed by atoms with E-state index in [-0.39, 0.29) is 20.1 Å². The summed E-state index contributed by atoms with van der Waals surface area (Å²) in [6.45, 7) is 19.5. The molecule has 0 aromatic carbocycles. The summed E-state index contributed by atoms with van der Waals surface area (Å²) >= 11 is 2.41. The molecule has 0 amide bonds. The molecule has 0 aromatic heterocycles. The molecule has 0 aliphatic heterocycles. The number of ketones is 1. The second-order valence-corrected chi connectivity index (χ2v) is 11.7. The van der Waals surface area contributed by atoms with Gasteiger partial charge >= 0.3 is 0 Å². The molecular formula is C18H36INO2. The number of Topliss-reactive ketones (excluding diaryl/α,β-unsaturated/α-hetero) is 1. The summed E-state index contributed by atoms with van der Waals surface area (Å²) in [4.78, 5) is 12.0. The third kappa shape index (κ3) is 10.9. The minimum atomic E-state index is -0.256. The fourth-order valence-corrected chi connectivity index (χ4v) is 3.04. The lowest BCUT2D eigenvalue weighted by molar-refractivity contribution is -0.128. The molecule has 0 aliphatic carbocycles. The van der Waals surface area contributed by atoms with Crippen molar-refractivity contribution < 1.29 is 9.53 Å². The van der Waals surface area contributed by atoms with E-state index in [4.69, 9.17) is 4.74 Å². The van der Waals surface area contributed by atoms with Crippen LogP contribution in [0, 0.1) is 5.41 Å². The summed E-state index contributed by atoms with van der Waals surface area (Å²) in [5, 5.41) is 3.60. The van der Waals surface area contributed by atoms with Gasteiger partial charge in [0.15, 0.2) is 0 Å². The Morgan fingerprint density at radius 2 is 1.45 bits per heavy atom. The van der Waals surface area contributed by atoms with E-state index in [1.54, 1.807) is 0 Å². The van der Waals surface area contributed by atoms with Crippen LogP contribution in [0.1, 0.15) is 81.6 Å². The lowest BCUT2D eigenvalue weighted by Crippen LogP contribution is -2.49. The monoisotopic (exact) mass is 425 g/mol. The number of carbonyl (C=O) groups excluding carboxylic acids is 1. The molecule has 0 heterocycles. The smallest absolute Gasteiger partial charge is 0.138 e. The maximum Gasteiger partial charge on any atom is 0.138 e. The van der Waals surface area contributed by atoms with Gasteiger partial charge in [-0.25, -0.2) is 0 Å². The van der Waals surface area contributed by atoms with Crippen LogP contribution in [0.5, 0.6) is 0 Å². The van der Waals surface area contributed by atoms with E-state index in [0.29, 0.717) is 18.8 Å². The predicted octanol–water partition coefficient (Wildman–Crippen LogP) is 5.11. The third-order valence-corrected chi connectivity index (χ3v) is 3.92. The summed E-state index contributed by atoms with van der Waals surface area (Å²) in [6, 6.07) is 0. The van der Waals surface area contributed by atoms with Crippen molar-refractivity contribution in [1.82, 2.24) is 5.32 Å². The highest BCUT2D eigenvalue weighted by molar-refractivity contribution is 14.1. The van der Waals surface area contributed by atoms with Crippen LogP contribution in [-0.2, 0) is 9.53 Å². The van der Waals surface area contributed by atoms with E-state index in [2.05, 4.69) is 69.5 Å². The van der Waals surface area contributed by atoms with Crippen LogP contribution in [0.3, 0.4) is 0 Å². The number of hydrogen-bond acceptors (Lipinski definition) is 3. The quantitative estimate of drug-likeness (QED) is 0.317. The maximum atomic E-state index is 12.0. The van der Waals surface area contributed by atoms with E-state index in [1.165, 1.54) is 0 Å². The van der Waals surface area contributed by atoms with E-state index in [0.717, 1.165) is 12.8 Å². The fraction of sp³-hybridized carbons (Fsp3) is 0.944. The van der Waals surface area contributed by atoms with Crippen molar-refractivity contribution in [3.63, 3.8) is 0 Å². The summed E-state index contributed by atoms with van der Waals surface area (Å²) < 4.78 is 6.11. The van der Waals surface area contributed by atoms with Gasteiger partial charge in [0, 0.05) is 24.0 Å². The van der Waals surface area contributed by atoms with Gasteiger partial charge in [-0.3, -0.25) is 10.1 Å². The van der Waals surface area contributed by atoms with Gasteiger partial charge in [0.25, 0.3) is 0 Å². The zero-order valence-corrected chi connectivity index (χ0v) is 18.2. The van der Waals surface area contributed by atoms with Crippen LogP contribution in [0.2, 0.25) is 0 Å². The minimum absolute atomic E-state index is 0.0298. The van der Waals surface area contributed by atoms with Gasteiger partial charge in [0.1, 0.15) is 5.78 Å². The molecule has 0 atom stereocenters. The van der Waals surface area contributed by atoms with Crippen LogP contribution >= 0.6 is 22.6 Å². The Morgan fingerprint density at radius 1 is 0.955 bits per heavy atom. The van der Waals surface area contributed by atoms with Crippen molar-refractivity contribution in [2.24, 2.45) is 5.41 Å². The molecule has 0 spiro atoms. The zero-order chi connectivity index (χ0) is 17.8. The average Bonchev–Trinajstić information content (AvgIpc) is 2.20. The highest BCUT2D eigenvalue weighted by Gasteiger charge is 2.28. The molecule has 132 valence electrons. The first-order valence-corrected chi connectivity index (χ1v) is 9.28. The largest absolute Gasteiger partial charge is 0.375 e. The number of rotatable bonds is 9. The predicted molar refractivity (Wildman–Crippen MR) is 104 cm³/mol. The van der Waals surface area contributed by atoms with Gasteiger partial charge in [-0.1, -0.05) is 43.4 Å². The Kier molecular flexibility index (Phi) is 8.04. The van der Waals surface area contributed by atoms with Crippen molar-refractivity contribution in [2.75, 3.05) is 6.61 Å². The first-order chi connectivity index (χ1) is 9.54. The van der Waals surface area contributed by atoms with Crippen molar-refractivity contribution in [1.29, 1.82) is 0 Å². The second-order valence-electron chi connectivity index (χ2n) is 9.01. The topological polar surface area (TPSA) is 38.3 Å². The summed E-state index contributed by atoms with van der Waals surface area (Å²) in [6.07, 6.45) is 2.30. The standard InChI is InChI=1S/C18H36INO2/c1-15(2,3)14(21)10-11-17(6,7)22-13-12-16(4,5)20-18(8,9)19/h20H,10-13H2,1-9H3. The number of carbonyl (C=O) groups is 1. The van der Waals surface area contributed by atoms with Crippen LogP contribution in [-0.4, -0.2) is 27.1 Å². The van der Waals surface area contributed by atoms with Gasteiger partial charge in [0.05, 0.1) is 9.15 Å². The SMILES string of the molecule is CC(C)(I)NC(C)(C)CCOC(C)(C)CCC(=O)C(C)(C)C. The molecule has 0 fully saturated rings. The fourth-order valence-electron chi connectivity index (χ4n) is 2.31. The van der Waals surface area contributed by atoms with Crippen LogP contribution in [0.25, 0.3) is 0 Å². The minimum Gasteiger partial charge on any atom is -0.375 e. The summed E-state index contributed by atoms with van der Waals surface area (Å²) in [5.74, 6) is 0.304. The molecule has 22 heavy (non-hydrogen) atoms. The number of halogens is 1. The molecule has 0 aromatic rings. The summed E-state index contributed by atoms with van der Waals surface area (Å²) in [5.41, 5.74) is -0.479. The maximum absolute atomic E-state index is 12.0. The van der Waals surface area contributed by atoms with E-state index < -0.39 is 0 Å². The van der Waals surface area contributed by atoms with E-state index in [9.17, 15) is 4.79 Å². The Balaban J connectivity index is 4.26. The molecule has 0 bridgehead atoms. The number of hydrogen-bond donors (Lipinski definition) is 1. The Morgan fingerprint density at radius 3 is 1.86 bits per heavy atom. The van der Waals surface area contributed by atoms with Gasteiger partial charge < -0.3 is 4.74 Å². The lowest BCUT2D eigenvalue weighted by Gasteiger charge is -2.35. The van der Waals surface area contributed by atoms with Gasteiger partial charge in [-0.05, 0) is 54.4 Å². The first kappa shape index (κ1) is 22.3.